The molecular formula is C15H17FN2O2. The van der Waals surface area contributed by atoms with Crippen LogP contribution in [-0.2, 0) is 4.79 Å². The average Bonchev–Trinajstić information content (AvgIpc) is 2.50. The van der Waals surface area contributed by atoms with Crippen molar-refractivity contribution in [2.24, 2.45) is 5.41 Å². The van der Waals surface area contributed by atoms with E-state index in [9.17, 15) is 14.4 Å². The lowest BCUT2D eigenvalue weighted by Gasteiger charge is -2.29. The number of amides is 1. The van der Waals surface area contributed by atoms with Crippen LogP contribution in [0.25, 0.3) is 0 Å². The third-order valence-electron chi connectivity index (χ3n) is 3.78. The molecule has 0 bridgehead atoms. The molecule has 106 valence electrons. The summed E-state index contributed by atoms with van der Waals surface area (Å²) in [5, 5.41) is 11.9. The maximum absolute atomic E-state index is 13.7. The van der Waals surface area contributed by atoms with Crippen LogP contribution in [0.4, 0.5) is 10.1 Å². The number of methoxy groups -OCH3 is 1. The maximum atomic E-state index is 13.7. The van der Waals surface area contributed by atoms with Crippen LogP contribution in [0.2, 0.25) is 0 Å². The highest BCUT2D eigenvalue weighted by molar-refractivity contribution is 5.97. The Bertz CT molecular complexity index is 545. The molecule has 0 heterocycles. The van der Waals surface area contributed by atoms with Crippen LogP contribution in [0.3, 0.4) is 0 Å². The van der Waals surface area contributed by atoms with Crippen molar-refractivity contribution in [2.75, 3.05) is 12.4 Å². The van der Waals surface area contributed by atoms with Gasteiger partial charge in [0.2, 0.25) is 5.91 Å². The van der Waals surface area contributed by atoms with E-state index in [4.69, 9.17) is 4.74 Å². The van der Waals surface area contributed by atoms with Crippen molar-refractivity contribution in [1.82, 2.24) is 0 Å². The van der Waals surface area contributed by atoms with Gasteiger partial charge in [-0.1, -0.05) is 19.3 Å². The fraction of sp³-hybridized carbons (Fsp3) is 0.467. The van der Waals surface area contributed by atoms with Crippen molar-refractivity contribution >= 4 is 11.6 Å². The molecule has 4 nitrogen and oxygen atoms in total. The Morgan fingerprint density at radius 2 is 2.10 bits per heavy atom. The van der Waals surface area contributed by atoms with Gasteiger partial charge in [0.25, 0.3) is 0 Å². The fourth-order valence-electron chi connectivity index (χ4n) is 2.51. The molecule has 20 heavy (non-hydrogen) atoms. The molecule has 1 saturated carbocycles. The Labute approximate surface area is 117 Å². The number of hydrogen-bond donors (Lipinski definition) is 1. The number of nitriles is 1. The SMILES string of the molecule is COc1ccc(F)c(NC(=O)C2(C#N)CCCCC2)c1. The zero-order chi connectivity index (χ0) is 14.6. The van der Waals surface area contributed by atoms with Crippen molar-refractivity contribution in [2.45, 2.75) is 32.1 Å². The minimum atomic E-state index is -1.03. The molecule has 1 amide bonds. The third kappa shape index (κ3) is 2.74. The molecule has 1 aliphatic carbocycles. The first-order valence-corrected chi connectivity index (χ1v) is 6.67. The maximum Gasteiger partial charge on any atom is 0.244 e. The van der Waals surface area contributed by atoms with Crippen LogP contribution in [0, 0.1) is 22.6 Å². The molecule has 0 unspecified atom stereocenters. The number of hydrogen-bond acceptors (Lipinski definition) is 3. The Morgan fingerprint density at radius 3 is 2.70 bits per heavy atom. The van der Waals surface area contributed by atoms with Crippen LogP contribution in [0.15, 0.2) is 18.2 Å². The number of halogens is 1. The van der Waals surface area contributed by atoms with Gasteiger partial charge >= 0.3 is 0 Å². The van der Waals surface area contributed by atoms with Crippen LogP contribution in [0.5, 0.6) is 5.75 Å². The molecule has 1 aliphatic rings. The van der Waals surface area contributed by atoms with Gasteiger partial charge in [-0.05, 0) is 25.0 Å². The number of rotatable bonds is 3. The lowest BCUT2D eigenvalue weighted by atomic mass is 9.74. The molecular weight excluding hydrogens is 259 g/mol. The van der Waals surface area contributed by atoms with Crippen molar-refractivity contribution < 1.29 is 13.9 Å². The minimum absolute atomic E-state index is 0.0505. The molecule has 2 rings (SSSR count). The Balaban J connectivity index is 2.20. The first-order chi connectivity index (χ1) is 9.61. The summed E-state index contributed by atoms with van der Waals surface area (Å²) in [5.74, 6) is -0.508. The van der Waals surface area contributed by atoms with Gasteiger partial charge in [0.15, 0.2) is 0 Å². The van der Waals surface area contributed by atoms with E-state index in [1.54, 1.807) is 0 Å². The predicted molar refractivity (Wildman–Crippen MR) is 72.7 cm³/mol. The average molecular weight is 276 g/mol. The van der Waals surface area contributed by atoms with Gasteiger partial charge in [-0.2, -0.15) is 5.26 Å². The number of nitrogens with zero attached hydrogens (tertiary/aromatic N) is 1. The van der Waals surface area contributed by atoms with Crippen molar-refractivity contribution in [3.05, 3.63) is 24.0 Å². The second kappa shape index (κ2) is 5.91. The molecule has 0 atom stereocenters. The van der Waals surface area contributed by atoms with E-state index in [0.717, 1.165) is 19.3 Å². The summed E-state index contributed by atoms with van der Waals surface area (Å²) < 4.78 is 18.7. The zero-order valence-corrected chi connectivity index (χ0v) is 11.4. The standard InChI is InChI=1S/C15H17FN2O2/c1-20-11-5-6-12(16)13(9-11)18-14(19)15(10-17)7-3-2-4-8-15/h5-6,9H,2-4,7-8H2,1H3,(H,18,19). The molecule has 0 spiro atoms. The van der Waals surface area contributed by atoms with Crippen LogP contribution in [-0.4, -0.2) is 13.0 Å². The number of carbonyl (C=O) groups is 1. The molecule has 1 fully saturated rings. The van der Waals surface area contributed by atoms with Crippen LogP contribution < -0.4 is 10.1 Å². The Hall–Kier alpha value is -2.09. The van der Waals surface area contributed by atoms with E-state index in [2.05, 4.69) is 11.4 Å². The number of benzene rings is 1. The fourth-order valence-corrected chi connectivity index (χ4v) is 2.51. The number of ether oxygens (including phenoxy) is 1. The number of nitrogens with one attached hydrogen (secondary N) is 1. The van der Waals surface area contributed by atoms with Gasteiger partial charge in [0.1, 0.15) is 17.0 Å². The zero-order valence-electron chi connectivity index (χ0n) is 11.4. The highest BCUT2D eigenvalue weighted by Gasteiger charge is 2.40. The molecule has 0 aromatic heterocycles. The van der Waals surface area contributed by atoms with Gasteiger partial charge in [0.05, 0.1) is 18.9 Å². The van der Waals surface area contributed by atoms with Crippen molar-refractivity contribution in [3.63, 3.8) is 0 Å². The van der Waals surface area contributed by atoms with E-state index in [0.29, 0.717) is 18.6 Å². The topological polar surface area (TPSA) is 62.1 Å². The number of carbonyl (C=O) groups excluding carboxylic acids is 1. The quantitative estimate of drug-likeness (QED) is 0.921. The smallest absolute Gasteiger partial charge is 0.244 e. The van der Waals surface area contributed by atoms with Gasteiger partial charge < -0.3 is 10.1 Å². The molecule has 0 saturated heterocycles. The van der Waals surface area contributed by atoms with Gasteiger partial charge in [0, 0.05) is 6.07 Å². The van der Waals surface area contributed by atoms with Gasteiger partial charge in [-0.3, -0.25) is 4.79 Å². The summed E-state index contributed by atoms with van der Waals surface area (Å²) in [5.41, 5.74) is -0.983. The summed E-state index contributed by atoms with van der Waals surface area (Å²) in [7, 11) is 1.47. The second-order valence-electron chi connectivity index (χ2n) is 5.05. The van der Waals surface area contributed by atoms with Gasteiger partial charge in [-0.25, -0.2) is 4.39 Å². The van der Waals surface area contributed by atoms with E-state index >= 15 is 0 Å². The Kier molecular flexibility index (Phi) is 4.23. The third-order valence-corrected chi connectivity index (χ3v) is 3.78. The molecule has 1 aromatic rings. The summed E-state index contributed by atoms with van der Waals surface area (Å²) >= 11 is 0. The van der Waals surface area contributed by atoms with E-state index in [1.165, 1.54) is 25.3 Å². The highest BCUT2D eigenvalue weighted by atomic mass is 19.1. The van der Waals surface area contributed by atoms with E-state index in [1.807, 2.05) is 0 Å². The first-order valence-electron chi connectivity index (χ1n) is 6.67. The van der Waals surface area contributed by atoms with Crippen LogP contribution >= 0.6 is 0 Å². The second-order valence-corrected chi connectivity index (χ2v) is 5.05. The molecule has 0 aliphatic heterocycles. The monoisotopic (exact) mass is 276 g/mol. The van der Waals surface area contributed by atoms with Crippen molar-refractivity contribution in [3.8, 4) is 11.8 Å². The molecule has 1 N–H and O–H groups in total. The largest absolute Gasteiger partial charge is 0.497 e. The summed E-state index contributed by atoms with van der Waals surface area (Å²) in [4.78, 5) is 12.3. The molecule has 0 radical (unpaired) electrons. The highest BCUT2D eigenvalue weighted by Crippen LogP contribution is 2.37. The molecule has 5 heteroatoms. The van der Waals surface area contributed by atoms with E-state index < -0.39 is 17.1 Å². The lowest BCUT2D eigenvalue weighted by molar-refractivity contribution is -0.124. The number of anilines is 1. The summed E-state index contributed by atoms with van der Waals surface area (Å²) in [6, 6.07) is 6.25. The molecule has 1 aromatic carbocycles. The van der Waals surface area contributed by atoms with Crippen molar-refractivity contribution in [1.29, 1.82) is 5.26 Å². The van der Waals surface area contributed by atoms with E-state index in [-0.39, 0.29) is 5.69 Å². The normalized spacial score (nSPS) is 17.1. The predicted octanol–water partition coefficient (Wildman–Crippen LogP) is 3.25. The minimum Gasteiger partial charge on any atom is -0.497 e. The first kappa shape index (κ1) is 14.3. The summed E-state index contributed by atoms with van der Waals surface area (Å²) in [6.45, 7) is 0. The van der Waals surface area contributed by atoms with Gasteiger partial charge in [-0.15, -0.1) is 0 Å². The Morgan fingerprint density at radius 1 is 1.40 bits per heavy atom. The lowest BCUT2D eigenvalue weighted by Crippen LogP contribution is -2.37. The van der Waals surface area contributed by atoms with Crippen LogP contribution in [0.1, 0.15) is 32.1 Å². The summed E-state index contributed by atoms with van der Waals surface area (Å²) in [6.07, 6.45) is 3.79.